The van der Waals surface area contributed by atoms with Crippen molar-refractivity contribution in [3.05, 3.63) is 48.0 Å². The summed E-state index contributed by atoms with van der Waals surface area (Å²) in [5, 5.41) is 0.995. The number of benzene rings is 2. The lowest BCUT2D eigenvalue weighted by Gasteiger charge is -2.03. The second-order valence-electron chi connectivity index (χ2n) is 4.84. The summed E-state index contributed by atoms with van der Waals surface area (Å²) in [5.74, 6) is 1.70. The van der Waals surface area contributed by atoms with E-state index in [2.05, 4.69) is 9.55 Å². The van der Waals surface area contributed by atoms with Crippen LogP contribution in [-0.2, 0) is 12.8 Å². The van der Waals surface area contributed by atoms with Crippen molar-refractivity contribution in [1.82, 2.24) is 9.55 Å². The average Bonchev–Trinajstić information content (AvgIpc) is 2.82. The second-order valence-corrected chi connectivity index (χ2v) is 5.78. The number of imidazole rings is 1. The van der Waals surface area contributed by atoms with Gasteiger partial charge in [-0.15, -0.1) is 0 Å². The van der Waals surface area contributed by atoms with Crippen molar-refractivity contribution in [3.8, 4) is 5.75 Å². The number of hydrogen-bond donors (Lipinski definition) is 1. The van der Waals surface area contributed by atoms with Gasteiger partial charge in [0.1, 0.15) is 5.75 Å². The van der Waals surface area contributed by atoms with Crippen molar-refractivity contribution in [3.63, 3.8) is 0 Å². The Morgan fingerprint density at radius 3 is 2.67 bits per heavy atom. The topological polar surface area (TPSA) is 53.1 Å². The SMILES string of the molecule is COc1ccc2c(c1)nc(SCc1ccc(N)cc1)n2C. The average molecular weight is 299 g/mol. The molecular formula is C16H17N3OS. The Morgan fingerprint density at radius 1 is 1.19 bits per heavy atom. The van der Waals surface area contributed by atoms with Crippen molar-refractivity contribution in [2.45, 2.75) is 10.9 Å². The minimum Gasteiger partial charge on any atom is -0.497 e. The van der Waals surface area contributed by atoms with Gasteiger partial charge in [-0.1, -0.05) is 23.9 Å². The number of nitrogens with zero attached hydrogens (tertiary/aromatic N) is 2. The molecule has 0 saturated heterocycles. The zero-order valence-electron chi connectivity index (χ0n) is 12.0. The van der Waals surface area contributed by atoms with Crippen LogP contribution in [0.2, 0.25) is 0 Å². The molecule has 2 N–H and O–H groups in total. The second kappa shape index (κ2) is 5.69. The molecule has 3 rings (SSSR count). The molecule has 2 aromatic carbocycles. The van der Waals surface area contributed by atoms with Crippen LogP contribution in [0.3, 0.4) is 0 Å². The largest absolute Gasteiger partial charge is 0.497 e. The molecule has 0 aliphatic rings. The molecule has 0 bridgehead atoms. The molecular weight excluding hydrogens is 282 g/mol. The number of hydrogen-bond acceptors (Lipinski definition) is 4. The normalized spacial score (nSPS) is 11.0. The Morgan fingerprint density at radius 2 is 1.95 bits per heavy atom. The maximum atomic E-state index is 5.70. The first-order valence-electron chi connectivity index (χ1n) is 6.65. The highest BCUT2D eigenvalue weighted by Crippen LogP contribution is 2.28. The third kappa shape index (κ3) is 2.83. The van der Waals surface area contributed by atoms with Gasteiger partial charge in [0, 0.05) is 24.6 Å². The molecule has 4 nitrogen and oxygen atoms in total. The highest BCUT2D eigenvalue weighted by Gasteiger charge is 2.09. The molecule has 1 aromatic heterocycles. The fourth-order valence-electron chi connectivity index (χ4n) is 2.18. The zero-order chi connectivity index (χ0) is 14.8. The van der Waals surface area contributed by atoms with Gasteiger partial charge in [0.25, 0.3) is 0 Å². The maximum absolute atomic E-state index is 5.70. The van der Waals surface area contributed by atoms with E-state index >= 15 is 0 Å². The van der Waals surface area contributed by atoms with Crippen molar-refractivity contribution < 1.29 is 4.74 Å². The molecule has 0 spiro atoms. The van der Waals surface area contributed by atoms with Gasteiger partial charge in [-0.05, 0) is 29.8 Å². The van der Waals surface area contributed by atoms with E-state index in [0.29, 0.717) is 0 Å². The van der Waals surface area contributed by atoms with Crippen LogP contribution in [0.4, 0.5) is 5.69 Å². The highest BCUT2D eigenvalue weighted by atomic mass is 32.2. The molecule has 21 heavy (non-hydrogen) atoms. The number of aryl methyl sites for hydroxylation is 1. The van der Waals surface area contributed by atoms with Gasteiger partial charge in [-0.3, -0.25) is 0 Å². The zero-order valence-corrected chi connectivity index (χ0v) is 12.9. The van der Waals surface area contributed by atoms with Crippen LogP contribution in [0.15, 0.2) is 47.6 Å². The van der Waals surface area contributed by atoms with Crippen LogP contribution >= 0.6 is 11.8 Å². The van der Waals surface area contributed by atoms with Crippen molar-refractivity contribution in [2.75, 3.05) is 12.8 Å². The number of fused-ring (bicyclic) bond motifs is 1. The molecule has 3 aromatic rings. The van der Waals surface area contributed by atoms with Gasteiger partial charge in [0.15, 0.2) is 5.16 Å². The number of aromatic nitrogens is 2. The molecule has 0 unspecified atom stereocenters. The number of nitrogens with two attached hydrogens (primary N) is 1. The van der Waals surface area contributed by atoms with Crippen LogP contribution in [0.5, 0.6) is 5.75 Å². The first-order valence-corrected chi connectivity index (χ1v) is 7.63. The summed E-state index contributed by atoms with van der Waals surface area (Å²) in [7, 11) is 3.70. The van der Waals surface area contributed by atoms with E-state index in [-0.39, 0.29) is 0 Å². The third-order valence-corrected chi connectivity index (χ3v) is 4.50. The molecule has 0 saturated carbocycles. The van der Waals surface area contributed by atoms with Gasteiger partial charge in [0.05, 0.1) is 18.1 Å². The van der Waals surface area contributed by atoms with Crippen LogP contribution in [-0.4, -0.2) is 16.7 Å². The van der Waals surface area contributed by atoms with Crippen molar-refractivity contribution in [1.29, 1.82) is 0 Å². The van der Waals surface area contributed by atoms with Crippen LogP contribution in [0.1, 0.15) is 5.56 Å². The summed E-state index contributed by atoms with van der Waals surface area (Å²) >= 11 is 1.72. The Kier molecular flexibility index (Phi) is 3.75. The first kappa shape index (κ1) is 13.8. The highest BCUT2D eigenvalue weighted by molar-refractivity contribution is 7.98. The lowest BCUT2D eigenvalue weighted by atomic mass is 10.2. The molecule has 0 radical (unpaired) electrons. The molecule has 108 valence electrons. The summed E-state index contributed by atoms with van der Waals surface area (Å²) in [6.07, 6.45) is 0. The minimum atomic E-state index is 0.790. The molecule has 0 aliphatic heterocycles. The number of rotatable bonds is 4. The lowest BCUT2D eigenvalue weighted by Crippen LogP contribution is -1.91. The van der Waals surface area contributed by atoms with Crippen molar-refractivity contribution >= 4 is 28.5 Å². The summed E-state index contributed by atoms with van der Waals surface area (Å²) in [5.41, 5.74) is 9.79. The van der Waals surface area contributed by atoms with E-state index in [1.807, 2.05) is 49.5 Å². The summed E-state index contributed by atoms with van der Waals surface area (Å²) < 4.78 is 7.35. The molecule has 5 heteroatoms. The van der Waals surface area contributed by atoms with Gasteiger partial charge >= 0.3 is 0 Å². The van der Waals surface area contributed by atoms with E-state index in [9.17, 15) is 0 Å². The predicted molar refractivity (Wildman–Crippen MR) is 87.7 cm³/mol. The molecule has 1 heterocycles. The van der Waals surface area contributed by atoms with E-state index < -0.39 is 0 Å². The third-order valence-electron chi connectivity index (χ3n) is 3.39. The van der Waals surface area contributed by atoms with Gasteiger partial charge in [-0.2, -0.15) is 0 Å². The number of methoxy groups -OCH3 is 1. The Balaban J connectivity index is 1.83. The maximum Gasteiger partial charge on any atom is 0.169 e. The first-order chi connectivity index (χ1) is 10.2. The fourth-order valence-corrected chi connectivity index (χ4v) is 3.12. The molecule has 0 aliphatic carbocycles. The number of nitrogen functional groups attached to an aromatic ring is 1. The van der Waals surface area contributed by atoms with Gasteiger partial charge < -0.3 is 15.0 Å². The van der Waals surface area contributed by atoms with Crippen LogP contribution in [0, 0.1) is 0 Å². The Bertz CT molecular complexity index is 765. The van der Waals surface area contributed by atoms with Gasteiger partial charge in [0.2, 0.25) is 0 Å². The Hall–Kier alpha value is -2.14. The minimum absolute atomic E-state index is 0.790. The standard InChI is InChI=1S/C16H17N3OS/c1-19-15-8-7-13(20-2)9-14(15)18-16(19)21-10-11-3-5-12(17)6-4-11/h3-9H,10,17H2,1-2H3. The van der Waals surface area contributed by atoms with E-state index in [1.54, 1.807) is 18.9 Å². The number of thioether (sulfide) groups is 1. The van der Waals surface area contributed by atoms with E-state index in [0.717, 1.165) is 33.4 Å². The molecule has 0 amide bonds. The molecule has 0 atom stereocenters. The van der Waals surface area contributed by atoms with E-state index in [4.69, 9.17) is 10.5 Å². The van der Waals surface area contributed by atoms with E-state index in [1.165, 1.54) is 5.56 Å². The predicted octanol–water partition coefficient (Wildman–Crippen LogP) is 3.46. The van der Waals surface area contributed by atoms with Crippen molar-refractivity contribution in [2.24, 2.45) is 7.05 Å². The van der Waals surface area contributed by atoms with Gasteiger partial charge in [-0.25, -0.2) is 4.98 Å². The van der Waals surface area contributed by atoms with Crippen LogP contribution in [0.25, 0.3) is 11.0 Å². The quantitative estimate of drug-likeness (QED) is 0.592. The fraction of sp³-hybridized carbons (Fsp3) is 0.188. The van der Waals surface area contributed by atoms with Crippen LogP contribution < -0.4 is 10.5 Å². The smallest absolute Gasteiger partial charge is 0.169 e. The number of ether oxygens (including phenoxy) is 1. The lowest BCUT2D eigenvalue weighted by molar-refractivity contribution is 0.415. The molecule has 0 fully saturated rings. The number of anilines is 1. The summed E-state index contributed by atoms with van der Waals surface area (Å²) in [6.45, 7) is 0. The summed E-state index contributed by atoms with van der Waals surface area (Å²) in [4.78, 5) is 4.67. The monoisotopic (exact) mass is 299 g/mol. The Labute approximate surface area is 127 Å². The summed E-state index contributed by atoms with van der Waals surface area (Å²) in [6, 6.07) is 13.9.